The summed E-state index contributed by atoms with van der Waals surface area (Å²) in [6, 6.07) is 65.1. The lowest BCUT2D eigenvalue weighted by molar-refractivity contribution is 0.233. The molecule has 6 aliphatic heterocycles. The molecular formula is C64H46N6O3. The maximum atomic E-state index is 6.79. The lowest BCUT2D eigenvalue weighted by atomic mass is 9.88. The highest BCUT2D eigenvalue weighted by Crippen LogP contribution is 2.58. The first-order valence-electron chi connectivity index (χ1n) is 24.9. The molecule has 6 unspecified atom stereocenters. The van der Waals surface area contributed by atoms with Gasteiger partial charge in [-0.05, 0) is 135 Å². The summed E-state index contributed by atoms with van der Waals surface area (Å²) in [5, 5.41) is 0. The van der Waals surface area contributed by atoms with E-state index in [1.54, 1.807) is 6.08 Å². The highest BCUT2D eigenvalue weighted by Gasteiger charge is 2.50. The topological polar surface area (TPSA) is 75.6 Å². The Morgan fingerprint density at radius 3 is 1.30 bits per heavy atom. The van der Waals surface area contributed by atoms with Crippen molar-refractivity contribution >= 4 is 34.5 Å². The molecule has 9 nitrogen and oxygen atoms in total. The van der Waals surface area contributed by atoms with E-state index in [9.17, 15) is 0 Å². The van der Waals surface area contributed by atoms with Crippen molar-refractivity contribution in [2.24, 2.45) is 4.99 Å². The van der Waals surface area contributed by atoms with Gasteiger partial charge in [0, 0.05) is 36.1 Å². The van der Waals surface area contributed by atoms with Crippen LogP contribution in [0.2, 0.25) is 0 Å². The number of nitrogens with zero attached hydrogens (tertiary/aromatic N) is 6. The third kappa shape index (κ3) is 6.24. The first-order chi connectivity index (χ1) is 36.1. The van der Waals surface area contributed by atoms with Crippen molar-refractivity contribution < 1.29 is 14.2 Å². The normalized spacial score (nSPS) is 21.0. The van der Waals surface area contributed by atoms with Gasteiger partial charge in [-0.25, -0.2) is 9.97 Å². The van der Waals surface area contributed by atoms with Crippen LogP contribution in [0.1, 0.15) is 51.1 Å². The summed E-state index contributed by atoms with van der Waals surface area (Å²) in [6.45, 7) is 3.97. The molecule has 2 aromatic heterocycles. The molecule has 0 radical (unpaired) electrons. The number of ether oxygens (including phenoxy) is 3. The van der Waals surface area contributed by atoms with E-state index in [-0.39, 0.29) is 36.4 Å². The minimum absolute atomic E-state index is 0.0174. The van der Waals surface area contributed by atoms with Crippen LogP contribution in [0, 0.1) is 0 Å². The van der Waals surface area contributed by atoms with Gasteiger partial charge in [-0.3, -0.25) is 19.7 Å². The molecule has 0 spiro atoms. The maximum Gasteiger partial charge on any atom is 0.188 e. The Bertz CT molecular complexity index is 3630. The molecule has 0 saturated heterocycles. The highest BCUT2D eigenvalue weighted by atomic mass is 16.5. The second-order valence-electron chi connectivity index (χ2n) is 19.4. The Morgan fingerprint density at radius 2 is 0.863 bits per heavy atom. The lowest BCUT2D eigenvalue weighted by Crippen LogP contribution is -2.40. The van der Waals surface area contributed by atoms with Crippen molar-refractivity contribution in [2.75, 3.05) is 21.7 Å². The number of fused-ring (bicyclic) bond motifs is 15. The van der Waals surface area contributed by atoms with Crippen molar-refractivity contribution in [3.05, 3.63) is 253 Å². The zero-order chi connectivity index (χ0) is 48.3. The molecule has 73 heavy (non-hydrogen) atoms. The molecule has 0 amide bonds. The molecule has 0 bridgehead atoms. The standard InChI is InChI=1S/C64H46N6O3/c1-3-4-21-56(65-2)68-50-35-38(24-27-44(50)59-47-15-5-8-18-53(47)71-62(59)68)41-32-42(39-25-28-45-51(36-39)69(57-22-11-13-30-66-57)63-60(45)48-16-6-9-19-54(48)72-63)34-43(33-41)40-26-29-46-52(37-40)70(58-23-12-14-31-67-58)64-61(46)49-17-7-10-20-55(49)73-64/h3-37,59-64H,1H2,2H3/b21-4-,65-56+. The molecule has 0 N–H and O–H groups in total. The van der Waals surface area contributed by atoms with Crippen LogP contribution in [0.4, 0.5) is 28.7 Å². The van der Waals surface area contributed by atoms with Crippen LogP contribution < -0.4 is 28.9 Å². The summed E-state index contributed by atoms with van der Waals surface area (Å²) >= 11 is 0. The first kappa shape index (κ1) is 41.6. The van der Waals surface area contributed by atoms with Gasteiger partial charge >= 0.3 is 0 Å². The van der Waals surface area contributed by atoms with Crippen LogP contribution in [0.15, 0.2) is 224 Å². The smallest absolute Gasteiger partial charge is 0.188 e. The molecule has 9 aromatic rings. The van der Waals surface area contributed by atoms with E-state index in [0.29, 0.717) is 0 Å². The average Bonchev–Trinajstić information content (AvgIpc) is 4.29. The Hall–Kier alpha value is -9.21. The Kier molecular flexibility index (Phi) is 9.20. The molecule has 15 rings (SSSR count). The van der Waals surface area contributed by atoms with Crippen molar-refractivity contribution in [1.29, 1.82) is 0 Å². The van der Waals surface area contributed by atoms with Crippen LogP contribution in [-0.2, 0) is 0 Å². The minimum atomic E-state index is -0.287. The SMILES string of the molecule is C=C/C=C\C(=N/C)N1c2cc(-c3cc(-c4ccc5c(c4)N(c4ccccn4)C4Oc6ccccc6C54)cc(-c4ccc5c(c4)N(c4ccccn4)C4Oc6ccccc6C54)c3)ccc2C2c3ccccc3OC21. The van der Waals surface area contributed by atoms with Gasteiger partial charge in [-0.15, -0.1) is 0 Å². The van der Waals surface area contributed by atoms with E-state index in [1.807, 2.05) is 74.1 Å². The largest absolute Gasteiger partial charge is 0.469 e. The predicted molar refractivity (Wildman–Crippen MR) is 289 cm³/mol. The first-order valence-corrected chi connectivity index (χ1v) is 24.9. The fourth-order valence-corrected chi connectivity index (χ4v) is 12.5. The molecule has 6 aliphatic rings. The molecular weight excluding hydrogens is 901 g/mol. The molecule has 0 fully saturated rings. The zero-order valence-corrected chi connectivity index (χ0v) is 39.8. The number of anilines is 5. The number of pyridine rings is 2. The molecule has 0 aliphatic carbocycles. The fraction of sp³-hybridized carbons (Fsp3) is 0.109. The van der Waals surface area contributed by atoms with E-state index < -0.39 is 0 Å². The van der Waals surface area contributed by atoms with Gasteiger partial charge in [0.2, 0.25) is 0 Å². The third-order valence-electron chi connectivity index (χ3n) is 15.6. The zero-order valence-electron chi connectivity index (χ0n) is 39.8. The number of allylic oxidation sites excluding steroid dienone is 2. The van der Waals surface area contributed by atoms with E-state index in [1.165, 1.54) is 33.4 Å². The monoisotopic (exact) mass is 946 g/mol. The Balaban J connectivity index is 0.915. The number of benzene rings is 7. The van der Waals surface area contributed by atoms with E-state index in [0.717, 1.165) is 85.2 Å². The summed E-state index contributed by atoms with van der Waals surface area (Å²) in [4.78, 5) is 21.4. The van der Waals surface area contributed by atoms with E-state index >= 15 is 0 Å². The van der Waals surface area contributed by atoms with Crippen LogP contribution in [0.5, 0.6) is 17.2 Å². The van der Waals surface area contributed by atoms with Crippen molar-refractivity contribution in [3.63, 3.8) is 0 Å². The van der Waals surface area contributed by atoms with Crippen LogP contribution in [-0.4, -0.2) is 41.5 Å². The second kappa shape index (κ2) is 16.2. The Morgan fingerprint density at radius 1 is 0.452 bits per heavy atom. The van der Waals surface area contributed by atoms with Gasteiger partial charge in [0.1, 0.15) is 34.7 Å². The van der Waals surface area contributed by atoms with Gasteiger partial charge in [0.25, 0.3) is 0 Å². The van der Waals surface area contributed by atoms with Crippen LogP contribution in [0.25, 0.3) is 33.4 Å². The van der Waals surface area contributed by atoms with E-state index in [2.05, 4.69) is 161 Å². The Labute approximate surface area is 423 Å². The number of amidine groups is 1. The van der Waals surface area contributed by atoms with Gasteiger partial charge < -0.3 is 14.2 Å². The molecule has 6 atom stereocenters. The van der Waals surface area contributed by atoms with Crippen molar-refractivity contribution in [1.82, 2.24) is 9.97 Å². The molecule has 350 valence electrons. The number of hydrogen-bond donors (Lipinski definition) is 0. The summed E-state index contributed by atoms with van der Waals surface area (Å²) in [7, 11) is 1.84. The minimum Gasteiger partial charge on any atom is -0.469 e. The van der Waals surface area contributed by atoms with Gasteiger partial charge in [-0.2, -0.15) is 0 Å². The summed E-state index contributed by atoms with van der Waals surface area (Å²) in [5.74, 6) is 5.33. The second-order valence-corrected chi connectivity index (χ2v) is 19.4. The molecule has 7 aromatic carbocycles. The molecule has 0 saturated carbocycles. The lowest BCUT2D eigenvalue weighted by Gasteiger charge is -2.26. The van der Waals surface area contributed by atoms with Crippen molar-refractivity contribution in [2.45, 2.75) is 36.4 Å². The predicted octanol–water partition coefficient (Wildman–Crippen LogP) is 13.9. The number of hydrogen-bond acceptors (Lipinski definition) is 8. The molecule has 8 heterocycles. The van der Waals surface area contributed by atoms with Crippen molar-refractivity contribution in [3.8, 4) is 50.6 Å². The van der Waals surface area contributed by atoms with Gasteiger partial charge in [-0.1, -0.05) is 122 Å². The van der Waals surface area contributed by atoms with E-state index in [4.69, 9.17) is 29.2 Å². The third-order valence-corrected chi connectivity index (χ3v) is 15.6. The number of rotatable bonds is 7. The van der Waals surface area contributed by atoms with Crippen LogP contribution in [0.3, 0.4) is 0 Å². The molecule has 9 heteroatoms. The highest BCUT2D eigenvalue weighted by molar-refractivity contribution is 6.08. The summed E-state index contributed by atoms with van der Waals surface area (Å²) in [5.41, 5.74) is 16.9. The van der Waals surface area contributed by atoms with Crippen LogP contribution >= 0.6 is 0 Å². The maximum absolute atomic E-state index is 6.79. The van der Waals surface area contributed by atoms with Gasteiger partial charge in [0.15, 0.2) is 18.7 Å². The van der Waals surface area contributed by atoms with Gasteiger partial charge in [0.05, 0.1) is 34.8 Å². The average molecular weight is 947 g/mol. The fourth-order valence-electron chi connectivity index (χ4n) is 12.5. The number of para-hydroxylation sites is 3. The number of aliphatic imine (C=N–C) groups is 1. The summed E-state index contributed by atoms with van der Waals surface area (Å²) in [6.07, 6.45) is 8.64. The number of aromatic nitrogens is 2. The summed E-state index contributed by atoms with van der Waals surface area (Å²) < 4.78 is 20.3. The quantitative estimate of drug-likeness (QED) is 0.0889.